The van der Waals surface area contributed by atoms with E-state index in [2.05, 4.69) is 11.7 Å². The molecule has 1 aliphatic rings. The van der Waals surface area contributed by atoms with E-state index in [4.69, 9.17) is 0 Å². The quantitative estimate of drug-likeness (QED) is 0.334. The van der Waals surface area contributed by atoms with Crippen LogP contribution in [0.4, 0.5) is 30.7 Å². The second-order valence-corrected chi connectivity index (χ2v) is 8.05. The van der Waals surface area contributed by atoms with Gasteiger partial charge in [-0.15, -0.1) is 13.2 Å². The highest BCUT2D eigenvalue weighted by Crippen LogP contribution is 2.39. The molecule has 1 nitrogen and oxygen atoms in total. The van der Waals surface area contributed by atoms with E-state index in [1.54, 1.807) is 6.08 Å². The zero-order valence-corrected chi connectivity index (χ0v) is 18.0. The maximum atomic E-state index is 15.3. The highest BCUT2D eigenvalue weighted by molar-refractivity contribution is 5.85. The van der Waals surface area contributed by atoms with Crippen LogP contribution in [0.5, 0.6) is 5.75 Å². The van der Waals surface area contributed by atoms with Gasteiger partial charge >= 0.3 is 6.36 Å². The number of alkyl halides is 3. The first kappa shape index (κ1) is 23.9. The number of ether oxygens (including phenoxy) is 1. The first-order valence-corrected chi connectivity index (χ1v) is 10.6. The average Bonchev–Trinajstić information content (AvgIpc) is 2.76. The predicted octanol–water partition coefficient (Wildman–Crippen LogP) is 8.25. The lowest BCUT2D eigenvalue weighted by Crippen LogP contribution is -2.19. The van der Waals surface area contributed by atoms with Gasteiger partial charge in [-0.3, -0.25) is 0 Å². The van der Waals surface area contributed by atoms with Gasteiger partial charge < -0.3 is 4.74 Å². The van der Waals surface area contributed by atoms with Gasteiger partial charge in [-0.25, -0.2) is 17.6 Å². The molecule has 3 aromatic carbocycles. The molecule has 0 heterocycles. The van der Waals surface area contributed by atoms with E-state index in [1.807, 2.05) is 24.3 Å². The Morgan fingerprint density at radius 2 is 1.47 bits per heavy atom. The lowest BCUT2D eigenvalue weighted by Gasteiger charge is -2.20. The number of halogens is 7. The Morgan fingerprint density at radius 3 is 2.06 bits per heavy atom. The van der Waals surface area contributed by atoms with Gasteiger partial charge in [0.25, 0.3) is 0 Å². The summed E-state index contributed by atoms with van der Waals surface area (Å²) in [6.07, 6.45) is -1.01. The Labute approximate surface area is 191 Å². The highest BCUT2D eigenvalue weighted by atomic mass is 19.4. The second-order valence-electron chi connectivity index (χ2n) is 8.05. The molecule has 34 heavy (non-hydrogen) atoms. The summed E-state index contributed by atoms with van der Waals surface area (Å²) in [5, 5.41) is 0. The molecule has 0 fully saturated rings. The molecule has 8 heteroatoms. The molecule has 0 amide bonds. The van der Waals surface area contributed by atoms with Gasteiger partial charge in [-0.05, 0) is 70.9 Å². The molecule has 0 spiro atoms. The number of rotatable bonds is 5. The molecular weight excluding hydrogens is 461 g/mol. The normalized spacial score (nSPS) is 13.5. The minimum atomic E-state index is -5.33. The highest BCUT2D eigenvalue weighted by Gasteiger charge is 2.34. The van der Waals surface area contributed by atoms with Crippen LogP contribution in [0.1, 0.15) is 42.0 Å². The van der Waals surface area contributed by atoms with Crippen molar-refractivity contribution >= 4 is 11.6 Å². The maximum absolute atomic E-state index is 15.3. The van der Waals surface area contributed by atoms with Gasteiger partial charge in [0.2, 0.25) is 5.75 Å². The van der Waals surface area contributed by atoms with Gasteiger partial charge in [0.1, 0.15) is 11.6 Å². The summed E-state index contributed by atoms with van der Waals surface area (Å²) in [6.45, 7) is 2.08. The van der Waals surface area contributed by atoms with E-state index in [1.165, 1.54) is 5.56 Å². The second kappa shape index (κ2) is 9.16. The van der Waals surface area contributed by atoms with Crippen LogP contribution in [0.25, 0.3) is 22.8 Å². The zero-order valence-electron chi connectivity index (χ0n) is 18.0. The molecule has 0 atom stereocenters. The summed E-state index contributed by atoms with van der Waals surface area (Å²) < 4.78 is 98.9. The number of hydrogen-bond donors (Lipinski definition) is 0. The first-order valence-electron chi connectivity index (χ1n) is 10.6. The van der Waals surface area contributed by atoms with Crippen LogP contribution in [-0.2, 0) is 12.8 Å². The molecule has 4 rings (SSSR count). The molecular formula is C26H19F7O. The van der Waals surface area contributed by atoms with Crippen molar-refractivity contribution in [1.82, 2.24) is 0 Å². The van der Waals surface area contributed by atoms with Crippen molar-refractivity contribution in [3.8, 4) is 16.9 Å². The van der Waals surface area contributed by atoms with Crippen LogP contribution in [0.3, 0.4) is 0 Å². The summed E-state index contributed by atoms with van der Waals surface area (Å²) in [5.74, 6) is -7.23. The minimum absolute atomic E-state index is 0.166. The zero-order chi connectivity index (χ0) is 24.6. The topological polar surface area (TPSA) is 9.23 Å². The van der Waals surface area contributed by atoms with Gasteiger partial charge in [0, 0.05) is 0 Å². The monoisotopic (exact) mass is 480 g/mol. The fourth-order valence-electron chi connectivity index (χ4n) is 4.16. The number of aryl methyl sites for hydroxylation is 1. The van der Waals surface area contributed by atoms with Crippen LogP contribution in [0, 0.1) is 23.3 Å². The van der Waals surface area contributed by atoms with Gasteiger partial charge in [-0.2, -0.15) is 0 Å². The molecule has 0 saturated heterocycles. The molecule has 0 unspecified atom stereocenters. The van der Waals surface area contributed by atoms with E-state index in [9.17, 15) is 26.3 Å². The largest absolute Gasteiger partial charge is 0.573 e. The molecule has 3 aromatic rings. The van der Waals surface area contributed by atoms with Crippen molar-refractivity contribution in [3.05, 3.63) is 88.0 Å². The van der Waals surface area contributed by atoms with Crippen molar-refractivity contribution in [2.75, 3.05) is 0 Å². The molecule has 0 bridgehead atoms. The predicted molar refractivity (Wildman–Crippen MR) is 115 cm³/mol. The Kier molecular flexibility index (Phi) is 6.43. The summed E-state index contributed by atoms with van der Waals surface area (Å²) in [5.41, 5.74) is 2.21. The van der Waals surface area contributed by atoms with Crippen LogP contribution in [0.2, 0.25) is 0 Å². The molecule has 0 aromatic heterocycles. The van der Waals surface area contributed by atoms with Crippen LogP contribution < -0.4 is 4.74 Å². The summed E-state index contributed by atoms with van der Waals surface area (Å²) in [7, 11) is 0. The van der Waals surface area contributed by atoms with Crippen LogP contribution >= 0.6 is 0 Å². The van der Waals surface area contributed by atoms with Gasteiger partial charge in [-0.1, -0.05) is 43.7 Å². The van der Waals surface area contributed by atoms with Crippen LogP contribution in [0.15, 0.2) is 42.5 Å². The van der Waals surface area contributed by atoms with Gasteiger partial charge in [0.15, 0.2) is 11.6 Å². The molecule has 0 aliphatic heterocycles. The lowest BCUT2D eigenvalue weighted by molar-refractivity contribution is -0.276. The number of hydrogen-bond acceptors (Lipinski definition) is 1. The fourth-order valence-corrected chi connectivity index (χ4v) is 4.16. The number of benzene rings is 3. The fraction of sp³-hybridized carbons (Fsp3) is 0.231. The summed E-state index contributed by atoms with van der Waals surface area (Å²) >= 11 is 0. The van der Waals surface area contributed by atoms with E-state index in [0.29, 0.717) is 24.1 Å². The third-order valence-corrected chi connectivity index (χ3v) is 5.70. The standard InChI is InChI=1S/C26H19F7O/c1-2-3-14-4-6-15(7-5-14)16-8-9-19-17(10-16)11-20(27)23(24(19)30)18-12-21(28)25(22(29)13-18)34-26(31,32)33/h4-7,10-13H,2-3,8-9H2,1H3. The Morgan fingerprint density at radius 1 is 0.824 bits per heavy atom. The van der Waals surface area contributed by atoms with Crippen LogP contribution in [-0.4, -0.2) is 6.36 Å². The summed E-state index contributed by atoms with van der Waals surface area (Å²) in [4.78, 5) is 0. The molecule has 178 valence electrons. The average molecular weight is 480 g/mol. The number of allylic oxidation sites excluding steroid dienone is 1. The SMILES string of the molecule is CCCc1ccc(C2=Cc3cc(F)c(-c4cc(F)c(OC(F)(F)F)c(F)c4)c(F)c3CC2)cc1. The van der Waals surface area contributed by atoms with Crippen molar-refractivity contribution < 1.29 is 35.5 Å². The maximum Gasteiger partial charge on any atom is 0.573 e. The molecule has 1 aliphatic carbocycles. The third kappa shape index (κ3) is 4.81. The molecule has 0 N–H and O–H groups in total. The van der Waals surface area contributed by atoms with E-state index >= 15 is 4.39 Å². The van der Waals surface area contributed by atoms with E-state index in [0.717, 1.165) is 30.0 Å². The first-order chi connectivity index (χ1) is 16.1. The Hall–Kier alpha value is -3.29. The van der Waals surface area contributed by atoms with Crippen molar-refractivity contribution in [3.63, 3.8) is 0 Å². The lowest BCUT2D eigenvalue weighted by atomic mass is 9.86. The van der Waals surface area contributed by atoms with Crippen molar-refractivity contribution in [2.24, 2.45) is 0 Å². The Bertz CT molecular complexity index is 1230. The smallest absolute Gasteiger partial charge is 0.399 e. The molecule has 0 saturated carbocycles. The van der Waals surface area contributed by atoms with Crippen molar-refractivity contribution in [2.45, 2.75) is 39.0 Å². The Balaban J connectivity index is 1.72. The molecule has 0 radical (unpaired) electrons. The van der Waals surface area contributed by atoms with Crippen molar-refractivity contribution in [1.29, 1.82) is 0 Å². The number of fused-ring (bicyclic) bond motifs is 1. The van der Waals surface area contributed by atoms with Gasteiger partial charge in [0.05, 0.1) is 5.56 Å². The minimum Gasteiger partial charge on any atom is -0.399 e. The van der Waals surface area contributed by atoms with E-state index in [-0.39, 0.29) is 12.0 Å². The third-order valence-electron chi connectivity index (χ3n) is 5.70. The van der Waals surface area contributed by atoms with E-state index < -0.39 is 46.5 Å². The summed E-state index contributed by atoms with van der Waals surface area (Å²) in [6, 6.07) is 9.83.